The van der Waals surface area contributed by atoms with Crippen LogP contribution in [-0.4, -0.2) is 16.9 Å². The first-order chi connectivity index (χ1) is 11.1. The molecule has 1 aromatic heterocycles. The second-order valence-electron chi connectivity index (χ2n) is 5.70. The first-order valence-corrected chi connectivity index (χ1v) is 8.35. The van der Waals surface area contributed by atoms with Crippen molar-refractivity contribution in [2.75, 3.05) is 5.32 Å². The van der Waals surface area contributed by atoms with Crippen molar-refractivity contribution in [3.8, 4) is 0 Å². The highest BCUT2D eigenvalue weighted by Crippen LogP contribution is 2.25. The maximum absolute atomic E-state index is 12.3. The van der Waals surface area contributed by atoms with Crippen LogP contribution >= 0.6 is 23.2 Å². The fourth-order valence-corrected chi connectivity index (χ4v) is 3.29. The van der Waals surface area contributed by atoms with Crippen molar-refractivity contribution in [2.24, 2.45) is 0 Å². The smallest absolute Gasteiger partial charge is 0.253 e. The van der Waals surface area contributed by atoms with Gasteiger partial charge in [-0.2, -0.15) is 0 Å². The molecule has 3 rings (SSSR count). The van der Waals surface area contributed by atoms with Gasteiger partial charge in [0, 0.05) is 28.0 Å². The molecular weight excluding hydrogens is 333 g/mol. The van der Waals surface area contributed by atoms with E-state index >= 15 is 0 Å². The summed E-state index contributed by atoms with van der Waals surface area (Å²) in [6, 6.07) is 7.24. The molecule has 120 valence electrons. The molecule has 4 nitrogen and oxygen atoms in total. The van der Waals surface area contributed by atoms with Crippen LogP contribution in [0.1, 0.15) is 36.0 Å². The van der Waals surface area contributed by atoms with Gasteiger partial charge in [-0.05, 0) is 37.1 Å². The van der Waals surface area contributed by atoms with E-state index in [1.54, 1.807) is 36.7 Å². The molecule has 2 N–H and O–H groups in total. The van der Waals surface area contributed by atoms with E-state index in [4.69, 9.17) is 23.2 Å². The third-order valence-corrected chi connectivity index (χ3v) is 4.28. The standard InChI is InChI=1S/C17H17Cl2N3O/c18-12-6-13(19)8-15(7-12)21-16-5-11(9-20-10-16)17(23)22-14-3-1-2-4-14/h5-10,14,21H,1-4H2,(H,22,23). The van der Waals surface area contributed by atoms with Crippen molar-refractivity contribution in [1.29, 1.82) is 0 Å². The number of anilines is 2. The Morgan fingerprint density at radius 3 is 2.39 bits per heavy atom. The zero-order valence-corrected chi connectivity index (χ0v) is 14.0. The van der Waals surface area contributed by atoms with Gasteiger partial charge < -0.3 is 10.6 Å². The van der Waals surface area contributed by atoms with Gasteiger partial charge in [0.2, 0.25) is 0 Å². The minimum absolute atomic E-state index is 0.0859. The summed E-state index contributed by atoms with van der Waals surface area (Å²) in [5, 5.41) is 7.31. The third-order valence-electron chi connectivity index (χ3n) is 3.84. The van der Waals surface area contributed by atoms with Gasteiger partial charge in [0.05, 0.1) is 17.4 Å². The van der Waals surface area contributed by atoms with Gasteiger partial charge in [-0.15, -0.1) is 0 Å². The summed E-state index contributed by atoms with van der Waals surface area (Å²) < 4.78 is 0. The number of nitrogens with one attached hydrogen (secondary N) is 2. The summed E-state index contributed by atoms with van der Waals surface area (Å²) in [7, 11) is 0. The molecule has 0 atom stereocenters. The molecule has 0 radical (unpaired) electrons. The molecule has 1 aromatic carbocycles. The van der Waals surface area contributed by atoms with E-state index in [1.807, 2.05) is 0 Å². The lowest BCUT2D eigenvalue weighted by molar-refractivity contribution is 0.0937. The number of hydrogen-bond donors (Lipinski definition) is 2. The second kappa shape index (κ2) is 7.20. The van der Waals surface area contributed by atoms with Gasteiger partial charge >= 0.3 is 0 Å². The van der Waals surface area contributed by atoms with Crippen molar-refractivity contribution in [1.82, 2.24) is 10.3 Å². The normalized spacial score (nSPS) is 14.7. The van der Waals surface area contributed by atoms with E-state index in [0.717, 1.165) is 18.5 Å². The fourth-order valence-electron chi connectivity index (χ4n) is 2.76. The largest absolute Gasteiger partial charge is 0.354 e. The number of hydrogen-bond acceptors (Lipinski definition) is 3. The maximum Gasteiger partial charge on any atom is 0.253 e. The topological polar surface area (TPSA) is 54.0 Å². The monoisotopic (exact) mass is 349 g/mol. The van der Waals surface area contributed by atoms with Crippen LogP contribution in [0.25, 0.3) is 0 Å². The number of aromatic nitrogens is 1. The van der Waals surface area contributed by atoms with Crippen LogP contribution in [-0.2, 0) is 0 Å². The molecule has 1 heterocycles. The average Bonchev–Trinajstić information content (AvgIpc) is 2.99. The zero-order chi connectivity index (χ0) is 16.2. The van der Waals surface area contributed by atoms with Crippen molar-refractivity contribution >= 4 is 40.5 Å². The number of rotatable bonds is 4. The van der Waals surface area contributed by atoms with Crippen molar-refractivity contribution < 1.29 is 4.79 Å². The molecular formula is C17H17Cl2N3O. The second-order valence-corrected chi connectivity index (χ2v) is 6.57. The van der Waals surface area contributed by atoms with Crippen LogP contribution in [0, 0.1) is 0 Å². The molecule has 1 aliphatic rings. The van der Waals surface area contributed by atoms with E-state index in [1.165, 1.54) is 12.8 Å². The lowest BCUT2D eigenvalue weighted by Crippen LogP contribution is -2.32. The van der Waals surface area contributed by atoms with Crippen molar-refractivity contribution in [3.05, 3.63) is 52.3 Å². The number of halogens is 2. The molecule has 1 saturated carbocycles. The predicted molar refractivity (Wildman–Crippen MR) is 93.7 cm³/mol. The van der Waals surface area contributed by atoms with Gasteiger partial charge in [0.15, 0.2) is 0 Å². The summed E-state index contributed by atoms with van der Waals surface area (Å²) >= 11 is 12.0. The highest BCUT2D eigenvalue weighted by Gasteiger charge is 2.18. The van der Waals surface area contributed by atoms with Crippen LogP contribution in [0.3, 0.4) is 0 Å². The highest BCUT2D eigenvalue weighted by atomic mass is 35.5. The minimum atomic E-state index is -0.0859. The quantitative estimate of drug-likeness (QED) is 0.832. The Kier molecular flexibility index (Phi) is 5.03. The Labute approximate surface area is 145 Å². The maximum atomic E-state index is 12.3. The summed E-state index contributed by atoms with van der Waals surface area (Å²) in [5.74, 6) is -0.0859. The van der Waals surface area contributed by atoms with Crippen LogP contribution < -0.4 is 10.6 Å². The van der Waals surface area contributed by atoms with E-state index < -0.39 is 0 Å². The van der Waals surface area contributed by atoms with Crippen LogP contribution in [0.5, 0.6) is 0 Å². The molecule has 0 spiro atoms. The Bertz CT molecular complexity index is 694. The van der Waals surface area contributed by atoms with E-state index in [9.17, 15) is 4.79 Å². The minimum Gasteiger partial charge on any atom is -0.354 e. The number of amides is 1. The van der Waals surface area contributed by atoms with Gasteiger partial charge in [0.1, 0.15) is 0 Å². The van der Waals surface area contributed by atoms with Crippen molar-refractivity contribution in [3.63, 3.8) is 0 Å². The van der Waals surface area contributed by atoms with Gasteiger partial charge in [0.25, 0.3) is 5.91 Å². The van der Waals surface area contributed by atoms with E-state index in [-0.39, 0.29) is 11.9 Å². The number of carbonyl (C=O) groups excluding carboxylic acids is 1. The molecule has 2 aromatic rings. The molecule has 0 unspecified atom stereocenters. The average molecular weight is 350 g/mol. The molecule has 1 fully saturated rings. The highest BCUT2D eigenvalue weighted by molar-refractivity contribution is 6.35. The SMILES string of the molecule is O=C(NC1CCCC1)c1cncc(Nc2cc(Cl)cc(Cl)c2)c1. The number of carbonyl (C=O) groups is 1. The summed E-state index contributed by atoms with van der Waals surface area (Å²) in [4.78, 5) is 16.4. The lowest BCUT2D eigenvalue weighted by Gasteiger charge is -2.13. The molecule has 23 heavy (non-hydrogen) atoms. The van der Waals surface area contributed by atoms with E-state index in [2.05, 4.69) is 15.6 Å². The van der Waals surface area contributed by atoms with Crippen molar-refractivity contribution in [2.45, 2.75) is 31.7 Å². The molecule has 0 aliphatic heterocycles. The summed E-state index contributed by atoms with van der Waals surface area (Å²) in [6.45, 7) is 0. The lowest BCUT2D eigenvalue weighted by atomic mass is 10.2. The van der Waals surface area contributed by atoms with Crippen LogP contribution in [0.4, 0.5) is 11.4 Å². The van der Waals surface area contributed by atoms with Gasteiger partial charge in [-0.25, -0.2) is 0 Å². The predicted octanol–water partition coefficient (Wildman–Crippen LogP) is 4.80. The van der Waals surface area contributed by atoms with Crippen LogP contribution in [0.2, 0.25) is 10.0 Å². The summed E-state index contributed by atoms with van der Waals surface area (Å²) in [5.41, 5.74) is 2.00. The van der Waals surface area contributed by atoms with Crippen LogP contribution in [0.15, 0.2) is 36.7 Å². The number of nitrogens with zero attached hydrogens (tertiary/aromatic N) is 1. The Morgan fingerprint density at radius 1 is 1.00 bits per heavy atom. The zero-order valence-electron chi connectivity index (χ0n) is 12.5. The number of benzene rings is 1. The molecule has 0 bridgehead atoms. The first kappa shape index (κ1) is 16.1. The molecule has 1 amide bonds. The molecule has 0 saturated heterocycles. The van der Waals surface area contributed by atoms with Gasteiger partial charge in [-0.1, -0.05) is 36.0 Å². The first-order valence-electron chi connectivity index (χ1n) is 7.59. The molecule has 6 heteroatoms. The molecule has 1 aliphatic carbocycles. The Morgan fingerprint density at radius 2 is 1.70 bits per heavy atom. The Balaban J connectivity index is 1.72. The summed E-state index contributed by atoms with van der Waals surface area (Å²) in [6.07, 6.45) is 7.69. The third kappa shape index (κ3) is 4.36. The fraction of sp³-hybridized carbons (Fsp3) is 0.294. The van der Waals surface area contributed by atoms with Gasteiger partial charge in [-0.3, -0.25) is 9.78 Å². The van der Waals surface area contributed by atoms with E-state index in [0.29, 0.717) is 21.3 Å². The Hall–Kier alpha value is -1.78. The number of pyridine rings is 1.